The molecule has 5 rings (SSSR count). The summed E-state index contributed by atoms with van der Waals surface area (Å²) in [6.45, 7) is 0.554. The number of rotatable bonds is 1. The number of anilines is 1. The van der Waals surface area contributed by atoms with Gasteiger partial charge < -0.3 is 14.8 Å². The van der Waals surface area contributed by atoms with Crippen LogP contribution in [0, 0.1) is 10.1 Å². The summed E-state index contributed by atoms with van der Waals surface area (Å²) in [5.74, 6) is -0.211. The highest BCUT2D eigenvalue weighted by molar-refractivity contribution is 6.33. The Bertz CT molecular complexity index is 1140. The van der Waals surface area contributed by atoms with E-state index in [4.69, 9.17) is 11.6 Å². The van der Waals surface area contributed by atoms with Gasteiger partial charge in [-0.05, 0) is 24.1 Å². The number of carbonyl (C=O) groups excluding carboxylic acids is 1. The van der Waals surface area contributed by atoms with Crippen LogP contribution in [0.15, 0.2) is 36.4 Å². The number of hydrogen-bond acceptors (Lipinski definition) is 4. The van der Waals surface area contributed by atoms with Crippen LogP contribution in [-0.4, -0.2) is 34.3 Å². The average molecular weight is 383 g/mol. The minimum absolute atomic E-state index is 0.0273. The van der Waals surface area contributed by atoms with Crippen molar-refractivity contribution in [3.8, 4) is 0 Å². The van der Waals surface area contributed by atoms with Crippen molar-refractivity contribution in [1.29, 1.82) is 0 Å². The Morgan fingerprint density at radius 2 is 2.07 bits per heavy atom. The first kappa shape index (κ1) is 16.1. The number of hydrogen-bond donors (Lipinski definition) is 1. The number of nitrogens with one attached hydrogen (secondary N) is 1. The molecular formula is C19H15ClN4O3. The first-order valence-electron chi connectivity index (χ1n) is 8.58. The van der Waals surface area contributed by atoms with Crippen LogP contribution < -0.4 is 4.90 Å². The number of nitrogens with zero attached hydrogens (tertiary/aromatic N) is 3. The number of aromatic nitrogens is 1. The molecule has 27 heavy (non-hydrogen) atoms. The number of benzene rings is 2. The zero-order valence-electron chi connectivity index (χ0n) is 14.4. The van der Waals surface area contributed by atoms with E-state index in [0.29, 0.717) is 17.8 Å². The van der Waals surface area contributed by atoms with Crippen LogP contribution in [0.3, 0.4) is 0 Å². The summed E-state index contributed by atoms with van der Waals surface area (Å²) in [6, 6.07) is 10.9. The van der Waals surface area contributed by atoms with Gasteiger partial charge in [0.05, 0.1) is 21.9 Å². The highest BCUT2D eigenvalue weighted by Gasteiger charge is 2.42. The summed E-state index contributed by atoms with van der Waals surface area (Å²) in [7, 11) is 1.88. The number of carbonyl (C=O) groups is 1. The molecule has 0 saturated heterocycles. The third-order valence-electron chi connectivity index (χ3n) is 5.50. The van der Waals surface area contributed by atoms with Crippen LogP contribution in [0.1, 0.15) is 27.8 Å². The molecule has 136 valence electrons. The van der Waals surface area contributed by atoms with Gasteiger partial charge in [0.25, 0.3) is 11.6 Å². The van der Waals surface area contributed by atoms with E-state index in [9.17, 15) is 14.9 Å². The minimum atomic E-state index is -0.562. The fourth-order valence-corrected chi connectivity index (χ4v) is 4.50. The highest BCUT2D eigenvalue weighted by Crippen LogP contribution is 2.45. The summed E-state index contributed by atoms with van der Waals surface area (Å²) in [4.78, 5) is 31.0. The third kappa shape index (κ3) is 2.12. The zero-order chi connectivity index (χ0) is 18.9. The molecule has 2 aliphatic heterocycles. The molecule has 3 heterocycles. The molecule has 0 radical (unpaired) electrons. The van der Waals surface area contributed by atoms with Gasteiger partial charge in [-0.15, -0.1) is 0 Å². The molecule has 0 aliphatic carbocycles. The maximum Gasteiger partial charge on any atom is 0.288 e. The quantitative estimate of drug-likeness (QED) is 0.511. The molecule has 1 N–H and O–H groups in total. The highest BCUT2D eigenvalue weighted by atomic mass is 35.5. The van der Waals surface area contributed by atoms with Gasteiger partial charge in [-0.3, -0.25) is 14.9 Å². The van der Waals surface area contributed by atoms with Crippen molar-refractivity contribution >= 4 is 39.8 Å². The van der Waals surface area contributed by atoms with Crippen molar-refractivity contribution in [3.05, 3.63) is 68.4 Å². The van der Waals surface area contributed by atoms with Gasteiger partial charge in [-0.2, -0.15) is 0 Å². The van der Waals surface area contributed by atoms with Crippen molar-refractivity contribution < 1.29 is 9.72 Å². The molecular weight excluding hydrogens is 368 g/mol. The fraction of sp³-hybridized carbons (Fsp3) is 0.211. The number of para-hydroxylation sites is 1. The molecule has 0 fully saturated rings. The predicted molar refractivity (Wildman–Crippen MR) is 102 cm³/mol. The van der Waals surface area contributed by atoms with Gasteiger partial charge in [0.15, 0.2) is 0 Å². The number of nitro benzene ring substituents is 1. The lowest BCUT2D eigenvalue weighted by atomic mass is 9.96. The molecule has 7 nitrogen and oxygen atoms in total. The zero-order valence-corrected chi connectivity index (χ0v) is 15.2. The van der Waals surface area contributed by atoms with Gasteiger partial charge in [-0.25, -0.2) is 0 Å². The summed E-state index contributed by atoms with van der Waals surface area (Å²) >= 11 is 6.11. The molecule has 0 saturated carbocycles. The van der Waals surface area contributed by atoms with Crippen LogP contribution in [-0.2, 0) is 6.42 Å². The minimum Gasteiger partial charge on any atom is -0.355 e. The second-order valence-corrected chi connectivity index (χ2v) is 7.28. The molecule has 3 aromatic rings. The molecule has 0 spiro atoms. The molecule has 1 unspecified atom stereocenters. The maximum atomic E-state index is 13.1. The first-order valence-corrected chi connectivity index (χ1v) is 8.96. The average Bonchev–Trinajstić information content (AvgIpc) is 3.03. The standard InChI is InChI=1S/C19H15ClN4O3/c1-22-15-9-13(20)16(24(26)27)8-12(15)19(25)23-7-6-11-10-4-2-3-5-14(10)21-17(11)18(22)23/h2-5,8-9,18,21H,6-7H2,1H3. The molecule has 0 bridgehead atoms. The van der Waals surface area contributed by atoms with Crippen LogP contribution in [0.2, 0.25) is 5.02 Å². The van der Waals surface area contributed by atoms with Crippen molar-refractivity contribution in [3.63, 3.8) is 0 Å². The van der Waals surface area contributed by atoms with E-state index in [2.05, 4.69) is 11.1 Å². The van der Waals surface area contributed by atoms with E-state index in [1.807, 2.05) is 30.1 Å². The number of nitro groups is 1. The monoisotopic (exact) mass is 382 g/mol. The lowest BCUT2D eigenvalue weighted by Gasteiger charge is -2.46. The van der Waals surface area contributed by atoms with Crippen LogP contribution in [0.4, 0.5) is 11.4 Å². The van der Waals surface area contributed by atoms with E-state index in [0.717, 1.165) is 17.6 Å². The van der Waals surface area contributed by atoms with E-state index in [1.165, 1.54) is 23.1 Å². The molecule has 1 atom stereocenters. The Morgan fingerprint density at radius 1 is 1.30 bits per heavy atom. The van der Waals surface area contributed by atoms with Gasteiger partial charge >= 0.3 is 0 Å². The Labute approximate surface area is 159 Å². The predicted octanol–water partition coefficient (Wildman–Crippen LogP) is 3.88. The van der Waals surface area contributed by atoms with Gasteiger partial charge in [0.2, 0.25) is 0 Å². The van der Waals surface area contributed by atoms with E-state index in [1.54, 1.807) is 4.90 Å². The van der Waals surface area contributed by atoms with Crippen LogP contribution in [0.25, 0.3) is 10.9 Å². The first-order chi connectivity index (χ1) is 13.0. The second-order valence-electron chi connectivity index (χ2n) is 6.87. The molecule has 1 amide bonds. The Morgan fingerprint density at radius 3 is 2.85 bits per heavy atom. The third-order valence-corrected chi connectivity index (χ3v) is 5.81. The Kier molecular flexibility index (Phi) is 3.27. The largest absolute Gasteiger partial charge is 0.355 e. The van der Waals surface area contributed by atoms with Gasteiger partial charge in [0.1, 0.15) is 11.2 Å². The van der Waals surface area contributed by atoms with Crippen molar-refractivity contribution in [1.82, 2.24) is 9.88 Å². The smallest absolute Gasteiger partial charge is 0.288 e. The molecule has 1 aromatic heterocycles. The number of H-pyrrole nitrogens is 1. The van der Waals surface area contributed by atoms with Gasteiger partial charge in [0, 0.05) is 30.6 Å². The molecule has 2 aliphatic rings. The fourth-order valence-electron chi connectivity index (χ4n) is 4.28. The lowest BCUT2D eigenvalue weighted by molar-refractivity contribution is -0.384. The summed E-state index contributed by atoms with van der Waals surface area (Å²) in [5, 5.41) is 12.4. The summed E-state index contributed by atoms with van der Waals surface area (Å²) in [5.41, 5.74) is 3.89. The van der Waals surface area contributed by atoms with Crippen LogP contribution in [0.5, 0.6) is 0 Å². The van der Waals surface area contributed by atoms with Crippen LogP contribution >= 0.6 is 11.6 Å². The number of amides is 1. The van der Waals surface area contributed by atoms with Crippen molar-refractivity contribution in [2.45, 2.75) is 12.6 Å². The number of aromatic amines is 1. The number of halogens is 1. The maximum absolute atomic E-state index is 13.1. The number of fused-ring (bicyclic) bond motifs is 6. The Hall–Kier alpha value is -3.06. The van der Waals surface area contributed by atoms with E-state index >= 15 is 0 Å². The van der Waals surface area contributed by atoms with E-state index < -0.39 is 4.92 Å². The van der Waals surface area contributed by atoms with Crippen molar-refractivity contribution in [2.24, 2.45) is 0 Å². The Balaban J connectivity index is 1.71. The normalized spacial score (nSPS) is 18.3. The van der Waals surface area contributed by atoms with Crippen molar-refractivity contribution in [2.75, 3.05) is 18.5 Å². The van der Waals surface area contributed by atoms with E-state index in [-0.39, 0.29) is 22.8 Å². The second kappa shape index (κ2) is 5.47. The molecule has 2 aromatic carbocycles. The lowest BCUT2D eigenvalue weighted by Crippen LogP contribution is -2.51. The summed E-state index contributed by atoms with van der Waals surface area (Å²) in [6.07, 6.45) is 0.444. The summed E-state index contributed by atoms with van der Waals surface area (Å²) < 4.78 is 0. The SMILES string of the molecule is CN1c2cc(Cl)c([N+](=O)[O-])cc2C(=O)N2CCc3c([nH]c4ccccc34)C21. The molecule has 8 heteroatoms. The van der Waals surface area contributed by atoms with Gasteiger partial charge in [-0.1, -0.05) is 29.8 Å². The topological polar surface area (TPSA) is 82.5 Å².